The number of hydrogen-bond donors (Lipinski definition) is 1. The fraction of sp³-hybridized carbons (Fsp3) is 0.600. The molecule has 0 aliphatic heterocycles. The summed E-state index contributed by atoms with van der Waals surface area (Å²) in [6, 6.07) is 5.84. The monoisotopic (exact) mass is 267 g/mol. The molecule has 2 rings (SSSR count). The molecule has 1 fully saturated rings. The summed E-state index contributed by atoms with van der Waals surface area (Å²) in [4.78, 5) is 0. The molecule has 1 aromatic rings. The van der Waals surface area contributed by atoms with Gasteiger partial charge in [-0.25, -0.2) is 0 Å². The van der Waals surface area contributed by atoms with Crippen molar-refractivity contribution in [1.29, 1.82) is 0 Å². The van der Waals surface area contributed by atoms with Crippen molar-refractivity contribution in [3.05, 3.63) is 28.8 Å². The highest BCUT2D eigenvalue weighted by Crippen LogP contribution is 2.38. The number of rotatable bonds is 3. The van der Waals surface area contributed by atoms with E-state index in [0.717, 1.165) is 22.3 Å². The molecule has 1 aliphatic carbocycles. The third-order valence-corrected chi connectivity index (χ3v) is 4.46. The van der Waals surface area contributed by atoms with E-state index in [-0.39, 0.29) is 6.04 Å². The molecular weight excluding hydrogens is 246 g/mol. The van der Waals surface area contributed by atoms with Crippen LogP contribution in [0.1, 0.15) is 44.2 Å². The first-order valence-corrected chi connectivity index (χ1v) is 7.08. The van der Waals surface area contributed by atoms with Crippen molar-refractivity contribution in [2.75, 3.05) is 7.11 Å². The van der Waals surface area contributed by atoms with E-state index in [0.29, 0.717) is 5.92 Å². The first-order valence-electron chi connectivity index (χ1n) is 6.71. The lowest BCUT2D eigenvalue weighted by atomic mass is 9.77. The summed E-state index contributed by atoms with van der Waals surface area (Å²) in [5, 5.41) is 0.723. The Balaban J connectivity index is 2.11. The van der Waals surface area contributed by atoms with Crippen LogP contribution in [-0.4, -0.2) is 7.11 Å². The van der Waals surface area contributed by atoms with E-state index >= 15 is 0 Å². The first kappa shape index (κ1) is 13.7. The fourth-order valence-electron chi connectivity index (χ4n) is 2.80. The lowest BCUT2D eigenvalue weighted by Crippen LogP contribution is -2.25. The van der Waals surface area contributed by atoms with E-state index in [1.165, 1.54) is 25.7 Å². The van der Waals surface area contributed by atoms with Crippen LogP contribution in [0.5, 0.6) is 5.75 Å². The van der Waals surface area contributed by atoms with E-state index < -0.39 is 0 Å². The van der Waals surface area contributed by atoms with Gasteiger partial charge in [-0.1, -0.05) is 37.4 Å². The zero-order chi connectivity index (χ0) is 13.1. The third-order valence-electron chi connectivity index (χ3n) is 4.14. The standard InChI is InChI=1S/C15H22ClNO/c1-10-3-5-11(6-4-10)15(17)13-8-7-12(18-2)9-14(13)16/h7-11,15H,3-6,17H2,1-2H3. The van der Waals surface area contributed by atoms with E-state index in [1.807, 2.05) is 18.2 Å². The summed E-state index contributed by atoms with van der Waals surface area (Å²) in [5.41, 5.74) is 7.44. The van der Waals surface area contributed by atoms with Crippen molar-refractivity contribution >= 4 is 11.6 Å². The molecule has 0 spiro atoms. The van der Waals surface area contributed by atoms with Crippen molar-refractivity contribution in [2.45, 2.75) is 38.6 Å². The molecule has 0 bridgehead atoms. The highest BCUT2D eigenvalue weighted by molar-refractivity contribution is 6.31. The minimum absolute atomic E-state index is 0.0518. The Labute approximate surface area is 114 Å². The Morgan fingerprint density at radius 2 is 1.94 bits per heavy atom. The van der Waals surface area contributed by atoms with Gasteiger partial charge in [0.15, 0.2) is 0 Å². The molecule has 0 saturated heterocycles. The lowest BCUT2D eigenvalue weighted by Gasteiger charge is -2.31. The highest BCUT2D eigenvalue weighted by atomic mass is 35.5. The third kappa shape index (κ3) is 2.99. The number of methoxy groups -OCH3 is 1. The molecule has 1 unspecified atom stereocenters. The fourth-order valence-corrected chi connectivity index (χ4v) is 3.10. The molecule has 2 nitrogen and oxygen atoms in total. The molecule has 0 heterocycles. The number of hydrogen-bond acceptors (Lipinski definition) is 2. The topological polar surface area (TPSA) is 35.2 Å². The Bertz CT molecular complexity index is 399. The van der Waals surface area contributed by atoms with Gasteiger partial charge < -0.3 is 10.5 Å². The Morgan fingerprint density at radius 1 is 1.28 bits per heavy atom. The largest absolute Gasteiger partial charge is 0.497 e. The Hall–Kier alpha value is -0.730. The predicted octanol–water partition coefficient (Wildman–Crippen LogP) is 4.17. The van der Waals surface area contributed by atoms with E-state index in [1.54, 1.807) is 7.11 Å². The average Bonchev–Trinajstić information content (AvgIpc) is 2.38. The number of nitrogens with two attached hydrogens (primary N) is 1. The SMILES string of the molecule is COc1ccc(C(N)C2CCC(C)CC2)c(Cl)c1. The maximum absolute atomic E-state index is 6.38. The van der Waals surface area contributed by atoms with Crippen LogP contribution in [0.2, 0.25) is 5.02 Å². The van der Waals surface area contributed by atoms with Crippen LogP contribution in [-0.2, 0) is 0 Å². The quantitative estimate of drug-likeness (QED) is 0.892. The van der Waals surface area contributed by atoms with Gasteiger partial charge in [-0.15, -0.1) is 0 Å². The van der Waals surface area contributed by atoms with E-state index in [2.05, 4.69) is 6.92 Å². The van der Waals surface area contributed by atoms with Crippen LogP contribution < -0.4 is 10.5 Å². The molecule has 18 heavy (non-hydrogen) atoms. The first-order chi connectivity index (χ1) is 8.61. The average molecular weight is 268 g/mol. The summed E-state index contributed by atoms with van der Waals surface area (Å²) < 4.78 is 5.16. The Morgan fingerprint density at radius 3 is 2.50 bits per heavy atom. The molecule has 1 saturated carbocycles. The second-order valence-corrected chi connectivity index (χ2v) is 5.84. The van der Waals surface area contributed by atoms with E-state index in [4.69, 9.17) is 22.1 Å². The van der Waals surface area contributed by atoms with Gasteiger partial charge in [0.25, 0.3) is 0 Å². The molecule has 3 heteroatoms. The molecule has 0 radical (unpaired) electrons. The summed E-state index contributed by atoms with van der Waals surface area (Å²) in [5.74, 6) is 2.19. The van der Waals surface area contributed by atoms with Gasteiger partial charge in [-0.2, -0.15) is 0 Å². The van der Waals surface area contributed by atoms with Crippen LogP contribution in [0, 0.1) is 11.8 Å². The summed E-state index contributed by atoms with van der Waals surface area (Å²) in [7, 11) is 1.65. The van der Waals surface area contributed by atoms with Crippen LogP contribution in [0.15, 0.2) is 18.2 Å². The van der Waals surface area contributed by atoms with E-state index in [9.17, 15) is 0 Å². The Kier molecular flexibility index (Phi) is 4.52. The molecular formula is C15H22ClNO. The summed E-state index contributed by atoms with van der Waals surface area (Å²) in [6.07, 6.45) is 4.99. The van der Waals surface area contributed by atoms with Gasteiger partial charge in [0.1, 0.15) is 5.75 Å². The van der Waals surface area contributed by atoms with Gasteiger partial charge in [-0.3, -0.25) is 0 Å². The molecule has 1 aromatic carbocycles. The molecule has 0 aromatic heterocycles. The second-order valence-electron chi connectivity index (χ2n) is 5.43. The smallest absolute Gasteiger partial charge is 0.120 e. The van der Waals surface area contributed by atoms with Gasteiger partial charge >= 0.3 is 0 Å². The molecule has 1 atom stereocenters. The molecule has 100 valence electrons. The van der Waals surface area contributed by atoms with Crippen molar-refractivity contribution in [3.63, 3.8) is 0 Å². The maximum Gasteiger partial charge on any atom is 0.120 e. The predicted molar refractivity (Wildman–Crippen MR) is 76.1 cm³/mol. The number of ether oxygens (including phenoxy) is 1. The molecule has 2 N–H and O–H groups in total. The minimum Gasteiger partial charge on any atom is -0.497 e. The van der Waals surface area contributed by atoms with Crippen molar-refractivity contribution in [2.24, 2.45) is 17.6 Å². The van der Waals surface area contributed by atoms with Crippen LogP contribution in [0.4, 0.5) is 0 Å². The summed E-state index contributed by atoms with van der Waals surface area (Å²) >= 11 is 6.29. The maximum atomic E-state index is 6.38. The zero-order valence-corrected chi connectivity index (χ0v) is 11.9. The molecule has 0 amide bonds. The van der Waals surface area contributed by atoms with Gasteiger partial charge in [0, 0.05) is 11.1 Å². The normalized spacial score (nSPS) is 25.8. The van der Waals surface area contributed by atoms with Gasteiger partial charge in [-0.05, 0) is 42.4 Å². The lowest BCUT2D eigenvalue weighted by molar-refractivity contribution is 0.256. The van der Waals surface area contributed by atoms with Gasteiger partial charge in [0.2, 0.25) is 0 Å². The van der Waals surface area contributed by atoms with Crippen LogP contribution in [0.25, 0.3) is 0 Å². The van der Waals surface area contributed by atoms with Crippen LogP contribution in [0.3, 0.4) is 0 Å². The number of halogens is 1. The van der Waals surface area contributed by atoms with Crippen molar-refractivity contribution < 1.29 is 4.74 Å². The molecule has 1 aliphatic rings. The second kappa shape index (κ2) is 5.94. The van der Waals surface area contributed by atoms with Gasteiger partial charge in [0.05, 0.1) is 7.11 Å². The van der Waals surface area contributed by atoms with Crippen molar-refractivity contribution in [3.8, 4) is 5.75 Å². The minimum atomic E-state index is 0.0518. The number of benzene rings is 1. The zero-order valence-electron chi connectivity index (χ0n) is 11.2. The highest BCUT2D eigenvalue weighted by Gasteiger charge is 2.25. The summed E-state index contributed by atoms with van der Waals surface area (Å²) in [6.45, 7) is 2.32. The van der Waals surface area contributed by atoms with Crippen LogP contribution >= 0.6 is 11.6 Å². The van der Waals surface area contributed by atoms with Crippen molar-refractivity contribution in [1.82, 2.24) is 0 Å².